The predicted molar refractivity (Wildman–Crippen MR) is 107 cm³/mol. The number of hydrogen-bond donors (Lipinski definition) is 1. The molecule has 3 nitrogen and oxygen atoms in total. The van der Waals surface area contributed by atoms with E-state index in [2.05, 4.69) is 88.6 Å². The Bertz CT molecular complexity index is 959. The van der Waals surface area contributed by atoms with E-state index in [-0.39, 0.29) is 0 Å². The highest BCUT2D eigenvalue weighted by molar-refractivity contribution is 5.98. The molecule has 1 aromatic heterocycles. The van der Waals surface area contributed by atoms with E-state index in [1.54, 1.807) is 6.92 Å². The average Bonchev–Trinajstić information content (AvgIpc) is 3.15. The van der Waals surface area contributed by atoms with E-state index in [0.29, 0.717) is 13.1 Å². The zero-order valence-corrected chi connectivity index (χ0v) is 14.7. The molecule has 0 saturated heterocycles. The Hall–Kier alpha value is -3.33. The van der Waals surface area contributed by atoms with Crippen LogP contribution in [0.5, 0.6) is 0 Å². The van der Waals surface area contributed by atoms with E-state index in [9.17, 15) is 4.79 Å². The molecular formula is C23H21NO2. The largest absolute Gasteiger partial charge is 0.468 e. The summed E-state index contributed by atoms with van der Waals surface area (Å²) in [5.74, 6) is 0. The molecule has 1 N–H and O–H groups in total. The zero-order valence-electron chi connectivity index (χ0n) is 14.7. The Balaban J connectivity index is 0.000000349. The van der Waals surface area contributed by atoms with Crippen LogP contribution in [0.25, 0.3) is 33.3 Å². The molecule has 3 aromatic carbocycles. The van der Waals surface area contributed by atoms with Crippen molar-refractivity contribution in [1.29, 1.82) is 0 Å². The van der Waals surface area contributed by atoms with Crippen LogP contribution in [0.1, 0.15) is 6.92 Å². The number of hydrogen-bond acceptors (Lipinski definition) is 2. The number of nitrogens with one attached hydrogen (secondary N) is 1. The van der Waals surface area contributed by atoms with E-state index in [4.69, 9.17) is 0 Å². The van der Waals surface area contributed by atoms with Crippen molar-refractivity contribution in [2.75, 3.05) is 6.61 Å². The van der Waals surface area contributed by atoms with Gasteiger partial charge in [0.15, 0.2) is 0 Å². The van der Waals surface area contributed by atoms with E-state index < -0.39 is 0 Å². The third-order valence-corrected chi connectivity index (χ3v) is 4.07. The number of fused-ring (bicyclic) bond motifs is 1. The van der Waals surface area contributed by atoms with Crippen molar-refractivity contribution < 1.29 is 9.53 Å². The summed E-state index contributed by atoms with van der Waals surface area (Å²) in [5, 5.41) is 1.27. The van der Waals surface area contributed by atoms with Crippen molar-refractivity contribution in [2.45, 2.75) is 6.92 Å². The Labute approximate surface area is 153 Å². The van der Waals surface area contributed by atoms with Gasteiger partial charge >= 0.3 is 0 Å². The summed E-state index contributed by atoms with van der Waals surface area (Å²) < 4.78 is 4.15. The molecule has 4 rings (SSSR count). The molecule has 0 saturated carbocycles. The molecule has 26 heavy (non-hydrogen) atoms. The number of aromatic amines is 1. The quantitative estimate of drug-likeness (QED) is 0.484. The third kappa shape index (κ3) is 4.01. The minimum Gasteiger partial charge on any atom is -0.468 e. The van der Waals surface area contributed by atoms with E-state index in [0.717, 1.165) is 5.69 Å². The summed E-state index contributed by atoms with van der Waals surface area (Å²) in [6, 6.07) is 29.6. The van der Waals surface area contributed by atoms with Gasteiger partial charge in [-0.1, -0.05) is 72.8 Å². The van der Waals surface area contributed by atoms with Crippen LogP contribution < -0.4 is 0 Å². The summed E-state index contributed by atoms with van der Waals surface area (Å²) in [6.45, 7) is 2.66. The lowest BCUT2D eigenvalue weighted by Crippen LogP contribution is -1.80. The molecule has 0 aliphatic heterocycles. The normalized spacial score (nSPS) is 10.0. The van der Waals surface area contributed by atoms with Crippen molar-refractivity contribution in [3.8, 4) is 22.4 Å². The molecular weight excluding hydrogens is 322 g/mol. The predicted octanol–water partition coefficient (Wildman–Crippen LogP) is 5.68. The number of benzene rings is 3. The Morgan fingerprint density at radius 3 is 2.08 bits per heavy atom. The second kappa shape index (κ2) is 8.67. The molecule has 0 aliphatic rings. The third-order valence-electron chi connectivity index (χ3n) is 4.07. The first-order chi connectivity index (χ1) is 12.8. The average molecular weight is 343 g/mol. The fraction of sp³-hybridized carbons (Fsp3) is 0.0870. The second-order valence-corrected chi connectivity index (χ2v) is 5.73. The van der Waals surface area contributed by atoms with Crippen LogP contribution in [0.3, 0.4) is 0 Å². The second-order valence-electron chi connectivity index (χ2n) is 5.73. The molecule has 0 bridgehead atoms. The van der Waals surface area contributed by atoms with E-state index in [1.165, 1.54) is 27.6 Å². The molecule has 0 atom stereocenters. The van der Waals surface area contributed by atoms with Crippen LogP contribution in [0.2, 0.25) is 0 Å². The van der Waals surface area contributed by atoms with Crippen molar-refractivity contribution in [3.05, 3.63) is 84.9 Å². The molecule has 4 aromatic rings. The first-order valence-corrected chi connectivity index (χ1v) is 8.61. The molecule has 3 heteroatoms. The standard InChI is InChI=1S/C20H15N.C3H6O2/c1-3-8-15(9-4-1)17-12-7-13-19-18(17)14-20(21-19)16-10-5-2-6-11-16;1-2-5-3-4/h1-14,21H;3H,2H2,1H3. The van der Waals surface area contributed by atoms with Gasteiger partial charge in [-0.05, 0) is 35.7 Å². The first-order valence-electron chi connectivity index (χ1n) is 8.61. The van der Waals surface area contributed by atoms with Crippen molar-refractivity contribution >= 4 is 17.4 Å². The maximum atomic E-state index is 9.18. The van der Waals surface area contributed by atoms with Gasteiger partial charge in [0.2, 0.25) is 0 Å². The summed E-state index contributed by atoms with van der Waals surface area (Å²) in [4.78, 5) is 12.7. The summed E-state index contributed by atoms with van der Waals surface area (Å²) in [7, 11) is 0. The van der Waals surface area contributed by atoms with Gasteiger partial charge in [0.1, 0.15) is 0 Å². The van der Waals surface area contributed by atoms with E-state index >= 15 is 0 Å². The summed E-state index contributed by atoms with van der Waals surface area (Å²) in [5.41, 5.74) is 6.07. The van der Waals surface area contributed by atoms with Crippen LogP contribution in [-0.4, -0.2) is 18.1 Å². The Kier molecular flexibility index (Phi) is 5.84. The highest BCUT2D eigenvalue weighted by Gasteiger charge is 2.07. The number of carbonyl (C=O) groups excluding carboxylic acids is 1. The summed E-state index contributed by atoms with van der Waals surface area (Å²) in [6.07, 6.45) is 0. The molecule has 0 fully saturated rings. The van der Waals surface area contributed by atoms with Gasteiger partial charge in [-0.15, -0.1) is 0 Å². The fourth-order valence-corrected chi connectivity index (χ4v) is 2.87. The first kappa shape index (κ1) is 17.5. The van der Waals surface area contributed by atoms with Gasteiger partial charge < -0.3 is 9.72 Å². The highest BCUT2D eigenvalue weighted by Crippen LogP contribution is 2.32. The van der Waals surface area contributed by atoms with Gasteiger partial charge in [0, 0.05) is 16.6 Å². The smallest absolute Gasteiger partial charge is 0.293 e. The van der Waals surface area contributed by atoms with Gasteiger partial charge in [-0.3, -0.25) is 4.79 Å². The van der Waals surface area contributed by atoms with Gasteiger partial charge in [0.05, 0.1) is 6.61 Å². The number of aromatic nitrogens is 1. The van der Waals surface area contributed by atoms with Crippen molar-refractivity contribution in [3.63, 3.8) is 0 Å². The molecule has 0 amide bonds. The minimum atomic E-state index is 0.431. The van der Waals surface area contributed by atoms with Crippen molar-refractivity contribution in [2.24, 2.45) is 0 Å². The molecule has 0 unspecified atom stereocenters. The maximum absolute atomic E-state index is 9.18. The fourth-order valence-electron chi connectivity index (χ4n) is 2.87. The lowest BCUT2D eigenvalue weighted by molar-refractivity contribution is -0.128. The number of carbonyl (C=O) groups is 1. The Morgan fingerprint density at radius 2 is 1.50 bits per heavy atom. The monoisotopic (exact) mass is 343 g/mol. The summed E-state index contributed by atoms with van der Waals surface area (Å²) >= 11 is 0. The van der Waals surface area contributed by atoms with Gasteiger partial charge in [-0.2, -0.15) is 0 Å². The Morgan fingerprint density at radius 1 is 0.846 bits per heavy atom. The topological polar surface area (TPSA) is 42.1 Å². The van der Waals surface area contributed by atoms with Crippen LogP contribution in [-0.2, 0) is 9.53 Å². The lowest BCUT2D eigenvalue weighted by atomic mass is 10.0. The lowest BCUT2D eigenvalue weighted by Gasteiger charge is -2.02. The molecule has 0 radical (unpaired) electrons. The number of rotatable bonds is 4. The van der Waals surface area contributed by atoms with E-state index in [1.807, 2.05) is 6.07 Å². The van der Waals surface area contributed by atoms with Gasteiger partial charge in [-0.25, -0.2) is 0 Å². The van der Waals surface area contributed by atoms with Crippen LogP contribution in [0, 0.1) is 0 Å². The highest BCUT2D eigenvalue weighted by atomic mass is 16.5. The maximum Gasteiger partial charge on any atom is 0.293 e. The zero-order chi connectivity index (χ0) is 18.2. The molecule has 130 valence electrons. The van der Waals surface area contributed by atoms with Crippen molar-refractivity contribution in [1.82, 2.24) is 4.98 Å². The number of H-pyrrole nitrogens is 1. The van der Waals surface area contributed by atoms with Crippen LogP contribution in [0.4, 0.5) is 0 Å². The van der Waals surface area contributed by atoms with Crippen LogP contribution >= 0.6 is 0 Å². The molecule has 0 aliphatic carbocycles. The number of ether oxygens (including phenoxy) is 1. The van der Waals surface area contributed by atoms with Gasteiger partial charge in [0.25, 0.3) is 6.47 Å². The van der Waals surface area contributed by atoms with Crippen LogP contribution in [0.15, 0.2) is 84.9 Å². The SMILES string of the molecule is CCOC=O.c1ccc(-c2cc3c(-c4ccccc4)cccc3[nH]2)cc1. The minimum absolute atomic E-state index is 0.431. The molecule has 1 heterocycles. The molecule has 0 spiro atoms.